The number of carbonyl (C=O) groups is 2. The molecule has 4 heteroatoms. The molecule has 0 aliphatic rings. The zero-order valence-corrected chi connectivity index (χ0v) is 3.60. The number of aldehydes is 1. The van der Waals surface area contributed by atoms with Gasteiger partial charge in [-0.15, -0.1) is 0 Å². The average Bonchev–Trinajstić information content (AvgIpc) is 1.35. The molecule has 0 fully saturated rings. The van der Waals surface area contributed by atoms with Crippen LogP contribution in [-0.2, 0) is 9.59 Å². The third kappa shape index (κ3) is 15.7. The van der Waals surface area contributed by atoms with Crippen molar-refractivity contribution >= 4 is 71.2 Å². The Morgan fingerprint density at radius 3 is 1.88 bits per heavy atom. The molecular weight excluding hydrogens is 126 g/mol. The van der Waals surface area contributed by atoms with Crippen molar-refractivity contribution in [3.05, 3.63) is 0 Å². The standard InChI is InChI=1S/C4H6O2.2Na.2H/c1-4(6)2-3-5;;;;/h3H,2H2,1H3;;;;. The van der Waals surface area contributed by atoms with E-state index in [1.54, 1.807) is 0 Å². The fraction of sp³-hybridized carbons (Fsp3) is 0.500. The van der Waals surface area contributed by atoms with E-state index < -0.39 is 0 Å². The summed E-state index contributed by atoms with van der Waals surface area (Å²) in [6.45, 7) is 1.38. The molecule has 0 spiro atoms. The number of carbonyl (C=O) groups excluding carboxylic acids is 2. The Hall–Kier alpha value is 1.34. The summed E-state index contributed by atoms with van der Waals surface area (Å²) in [5.41, 5.74) is 0. The average molecular weight is 134 g/mol. The number of rotatable bonds is 2. The van der Waals surface area contributed by atoms with Crippen molar-refractivity contribution in [2.45, 2.75) is 13.3 Å². The van der Waals surface area contributed by atoms with E-state index >= 15 is 0 Å². The number of Topliss-reactive ketones (excluding diaryl/α,β-unsaturated/α-hetero) is 1. The second kappa shape index (κ2) is 11.2. The van der Waals surface area contributed by atoms with Crippen molar-refractivity contribution in [2.24, 2.45) is 0 Å². The summed E-state index contributed by atoms with van der Waals surface area (Å²) < 4.78 is 0. The monoisotopic (exact) mass is 134 g/mol. The van der Waals surface area contributed by atoms with Crippen LogP contribution in [0.3, 0.4) is 0 Å². The molecule has 0 atom stereocenters. The molecule has 0 rings (SSSR count). The molecule has 0 radical (unpaired) electrons. The summed E-state index contributed by atoms with van der Waals surface area (Å²) >= 11 is 0. The molecule has 2 nitrogen and oxygen atoms in total. The number of ketones is 1. The third-order valence-electron chi connectivity index (χ3n) is 0.371. The van der Waals surface area contributed by atoms with E-state index in [0.717, 1.165) is 0 Å². The van der Waals surface area contributed by atoms with Gasteiger partial charge in [0.25, 0.3) is 0 Å². The van der Waals surface area contributed by atoms with Crippen molar-refractivity contribution in [3.8, 4) is 0 Å². The van der Waals surface area contributed by atoms with Crippen LogP contribution in [0.4, 0.5) is 0 Å². The molecule has 0 bridgehead atoms. The van der Waals surface area contributed by atoms with Crippen LogP contribution in [0.5, 0.6) is 0 Å². The minimum absolute atomic E-state index is 0. The SMILES string of the molecule is CC(=O)CC=O.[NaH].[NaH]. The maximum atomic E-state index is 9.81. The van der Waals surface area contributed by atoms with Crippen molar-refractivity contribution in [2.75, 3.05) is 0 Å². The first-order chi connectivity index (χ1) is 2.77. The molecule has 0 aliphatic carbocycles. The molecule has 38 valence electrons. The van der Waals surface area contributed by atoms with Crippen molar-refractivity contribution in [1.29, 1.82) is 0 Å². The zero-order chi connectivity index (χ0) is 4.99. The Morgan fingerprint density at radius 1 is 1.50 bits per heavy atom. The zero-order valence-electron chi connectivity index (χ0n) is 3.60. The molecule has 0 aromatic heterocycles. The van der Waals surface area contributed by atoms with Crippen LogP contribution < -0.4 is 0 Å². The Labute approximate surface area is 93.0 Å². The van der Waals surface area contributed by atoms with Gasteiger partial charge in [0.1, 0.15) is 12.1 Å². The van der Waals surface area contributed by atoms with Gasteiger partial charge in [-0.05, 0) is 6.92 Å². The van der Waals surface area contributed by atoms with Crippen LogP contribution in [0.15, 0.2) is 0 Å². The van der Waals surface area contributed by atoms with Gasteiger partial charge in [-0.3, -0.25) is 4.79 Å². The summed E-state index contributed by atoms with van der Waals surface area (Å²) in [4.78, 5) is 19.2. The van der Waals surface area contributed by atoms with E-state index in [9.17, 15) is 9.59 Å². The van der Waals surface area contributed by atoms with Crippen LogP contribution >= 0.6 is 0 Å². The number of hydrogen-bond acceptors (Lipinski definition) is 2. The van der Waals surface area contributed by atoms with Crippen molar-refractivity contribution in [3.63, 3.8) is 0 Å². The van der Waals surface area contributed by atoms with Gasteiger partial charge in [-0.2, -0.15) is 0 Å². The first kappa shape index (κ1) is 16.2. The molecular formula is C4H8Na2O2. The molecule has 0 heterocycles. The number of hydrogen-bond donors (Lipinski definition) is 0. The summed E-state index contributed by atoms with van der Waals surface area (Å²) in [7, 11) is 0. The second-order valence-electron chi connectivity index (χ2n) is 1.07. The van der Waals surface area contributed by atoms with E-state index in [-0.39, 0.29) is 71.3 Å². The van der Waals surface area contributed by atoms with Gasteiger partial charge in [0.05, 0.1) is 6.42 Å². The molecule has 0 saturated heterocycles. The van der Waals surface area contributed by atoms with Crippen molar-refractivity contribution < 1.29 is 9.59 Å². The fourth-order valence-electron chi connectivity index (χ4n) is 0.117. The third-order valence-corrected chi connectivity index (χ3v) is 0.371. The quantitative estimate of drug-likeness (QED) is 0.272. The topological polar surface area (TPSA) is 34.1 Å². The van der Waals surface area contributed by atoms with Crippen LogP contribution in [0, 0.1) is 0 Å². The van der Waals surface area contributed by atoms with E-state index in [0.29, 0.717) is 6.29 Å². The normalized spacial score (nSPS) is 5.62. The Kier molecular flexibility index (Phi) is 22.6. The summed E-state index contributed by atoms with van der Waals surface area (Å²) in [5.74, 6) is -0.0787. The first-order valence-electron chi connectivity index (χ1n) is 1.70. The van der Waals surface area contributed by atoms with Gasteiger partial charge in [0, 0.05) is 0 Å². The van der Waals surface area contributed by atoms with Crippen molar-refractivity contribution in [1.82, 2.24) is 0 Å². The van der Waals surface area contributed by atoms with Gasteiger partial charge in [0.2, 0.25) is 0 Å². The molecule has 0 unspecified atom stereocenters. The molecule has 8 heavy (non-hydrogen) atoms. The molecule has 0 N–H and O–H groups in total. The fourth-order valence-corrected chi connectivity index (χ4v) is 0.117. The Bertz CT molecular complexity index is 72.4. The van der Waals surface area contributed by atoms with Crippen LogP contribution in [-0.4, -0.2) is 71.2 Å². The van der Waals surface area contributed by atoms with Crippen LogP contribution in [0.1, 0.15) is 13.3 Å². The summed E-state index contributed by atoms with van der Waals surface area (Å²) in [5, 5.41) is 0. The van der Waals surface area contributed by atoms with E-state index in [1.165, 1.54) is 6.92 Å². The minimum atomic E-state index is -0.0787. The Balaban J connectivity index is -0.000000125. The molecule has 0 aliphatic heterocycles. The van der Waals surface area contributed by atoms with Gasteiger partial charge >= 0.3 is 59.1 Å². The van der Waals surface area contributed by atoms with E-state index in [2.05, 4.69) is 0 Å². The van der Waals surface area contributed by atoms with Gasteiger partial charge < -0.3 is 4.79 Å². The predicted molar refractivity (Wildman–Crippen MR) is 35.7 cm³/mol. The molecule has 0 saturated carbocycles. The summed E-state index contributed by atoms with van der Waals surface area (Å²) in [6, 6.07) is 0. The van der Waals surface area contributed by atoms with Gasteiger partial charge in [-0.1, -0.05) is 0 Å². The van der Waals surface area contributed by atoms with Gasteiger partial charge in [0.15, 0.2) is 0 Å². The maximum absolute atomic E-state index is 9.81. The van der Waals surface area contributed by atoms with Crippen LogP contribution in [0.25, 0.3) is 0 Å². The molecule has 0 amide bonds. The van der Waals surface area contributed by atoms with E-state index in [4.69, 9.17) is 0 Å². The predicted octanol–water partition coefficient (Wildman–Crippen LogP) is -1.13. The Morgan fingerprint density at radius 2 is 1.88 bits per heavy atom. The first-order valence-corrected chi connectivity index (χ1v) is 1.70. The molecule has 0 aromatic rings. The van der Waals surface area contributed by atoms with E-state index in [1.807, 2.05) is 0 Å². The van der Waals surface area contributed by atoms with Gasteiger partial charge in [-0.25, -0.2) is 0 Å². The van der Waals surface area contributed by atoms with Crippen LogP contribution in [0.2, 0.25) is 0 Å². The summed E-state index contributed by atoms with van der Waals surface area (Å²) in [6.07, 6.45) is 0.655. The second-order valence-corrected chi connectivity index (χ2v) is 1.07. The molecule has 0 aromatic carbocycles.